The molecule has 4 nitrogen and oxygen atoms in total. The molecule has 1 unspecified atom stereocenters. The molecule has 1 aromatic carbocycles. The van der Waals surface area contributed by atoms with Gasteiger partial charge in [-0.15, -0.1) is 0 Å². The van der Waals surface area contributed by atoms with E-state index >= 15 is 0 Å². The van der Waals surface area contributed by atoms with Crippen molar-refractivity contribution in [2.75, 3.05) is 0 Å². The van der Waals surface area contributed by atoms with Gasteiger partial charge in [-0.1, -0.05) is 29.4 Å². The summed E-state index contributed by atoms with van der Waals surface area (Å²) in [4.78, 5) is 11.0. The van der Waals surface area contributed by atoms with Crippen LogP contribution in [0.1, 0.15) is 62.9 Å². The van der Waals surface area contributed by atoms with Crippen molar-refractivity contribution < 1.29 is 20.1 Å². The fraction of sp³-hybridized carbons (Fsp3) is 0.409. The molecule has 1 rings (SSSR count). The van der Waals surface area contributed by atoms with Crippen molar-refractivity contribution in [3.05, 3.63) is 64.3 Å². The maximum atomic E-state index is 11.0. The van der Waals surface area contributed by atoms with E-state index in [-0.39, 0.29) is 11.3 Å². The molecule has 1 atom stereocenters. The Kier molecular flexibility index (Phi) is 8.86. The quantitative estimate of drug-likeness (QED) is 0.541. The lowest BCUT2D eigenvalue weighted by atomic mass is 10.0. The maximum Gasteiger partial charge on any atom is 0.335 e. The van der Waals surface area contributed by atoms with Gasteiger partial charge in [0, 0.05) is 0 Å². The molecular formula is C22H30O4. The first-order valence-corrected chi connectivity index (χ1v) is 8.89. The average Bonchev–Trinajstić information content (AvgIpc) is 2.58. The number of aromatic carboxylic acids is 1. The fourth-order valence-corrected chi connectivity index (χ4v) is 2.48. The molecule has 1 aromatic rings. The van der Waals surface area contributed by atoms with Gasteiger partial charge in [-0.2, -0.15) is 0 Å². The third kappa shape index (κ3) is 7.70. The zero-order valence-corrected chi connectivity index (χ0v) is 16.1. The van der Waals surface area contributed by atoms with Crippen molar-refractivity contribution in [2.24, 2.45) is 0 Å². The van der Waals surface area contributed by atoms with Crippen LogP contribution in [0, 0.1) is 0 Å². The highest BCUT2D eigenvalue weighted by molar-refractivity contribution is 5.88. The van der Waals surface area contributed by atoms with E-state index in [4.69, 9.17) is 5.11 Å². The standard InChI is InChI=1S/C22H30O4/c1-15(2)6-5-7-16(3)8-12-20(23)17(4)9-10-18-14-19(22(25)26)11-13-21(18)24/h6,8-9,11,13-14,20,23-24H,5,7,10,12H2,1-4H3,(H,25,26)/b16-8+,17-9+. The third-order valence-corrected chi connectivity index (χ3v) is 4.28. The normalized spacial score (nSPS) is 13.4. The number of benzene rings is 1. The minimum atomic E-state index is -1.03. The Balaban J connectivity index is 2.65. The van der Waals surface area contributed by atoms with Crippen molar-refractivity contribution in [2.45, 2.75) is 59.5 Å². The summed E-state index contributed by atoms with van der Waals surface area (Å²) in [6.45, 7) is 8.08. The topological polar surface area (TPSA) is 77.8 Å². The molecule has 0 radical (unpaired) electrons. The van der Waals surface area contributed by atoms with E-state index in [0.717, 1.165) is 18.4 Å². The zero-order valence-electron chi connectivity index (χ0n) is 16.1. The van der Waals surface area contributed by atoms with Gasteiger partial charge in [0.25, 0.3) is 0 Å². The highest BCUT2D eigenvalue weighted by Gasteiger charge is 2.09. The van der Waals surface area contributed by atoms with Crippen LogP contribution in [-0.4, -0.2) is 27.4 Å². The Morgan fingerprint density at radius 3 is 2.42 bits per heavy atom. The molecule has 142 valence electrons. The predicted molar refractivity (Wildman–Crippen MR) is 106 cm³/mol. The van der Waals surface area contributed by atoms with Crippen LogP contribution in [0.25, 0.3) is 0 Å². The number of hydrogen-bond donors (Lipinski definition) is 3. The van der Waals surface area contributed by atoms with E-state index in [1.165, 1.54) is 29.3 Å². The second kappa shape index (κ2) is 10.6. The molecule has 0 spiro atoms. The number of aliphatic hydroxyl groups is 1. The Hall–Kier alpha value is -2.33. The Labute approximate surface area is 156 Å². The number of aromatic hydroxyl groups is 1. The third-order valence-electron chi connectivity index (χ3n) is 4.28. The van der Waals surface area contributed by atoms with Crippen LogP contribution in [0.3, 0.4) is 0 Å². The Morgan fingerprint density at radius 1 is 1.12 bits per heavy atom. The summed E-state index contributed by atoms with van der Waals surface area (Å²) in [6.07, 6.45) is 8.42. The highest BCUT2D eigenvalue weighted by atomic mass is 16.4. The van der Waals surface area contributed by atoms with Gasteiger partial charge < -0.3 is 15.3 Å². The number of carboxylic acids is 1. The van der Waals surface area contributed by atoms with Crippen LogP contribution in [0.2, 0.25) is 0 Å². The van der Waals surface area contributed by atoms with E-state index in [0.29, 0.717) is 18.4 Å². The molecule has 0 aliphatic rings. The number of hydrogen-bond acceptors (Lipinski definition) is 3. The molecule has 0 bridgehead atoms. The minimum Gasteiger partial charge on any atom is -0.508 e. The van der Waals surface area contributed by atoms with Gasteiger partial charge in [0.05, 0.1) is 11.7 Å². The molecule has 26 heavy (non-hydrogen) atoms. The monoisotopic (exact) mass is 358 g/mol. The lowest BCUT2D eigenvalue weighted by Crippen LogP contribution is -2.07. The fourth-order valence-electron chi connectivity index (χ4n) is 2.48. The molecule has 0 aliphatic heterocycles. The number of rotatable bonds is 9. The second-order valence-corrected chi connectivity index (χ2v) is 6.92. The molecule has 0 saturated heterocycles. The SMILES string of the molecule is CC(C)=CCC/C(C)=C/CC(O)/C(C)=C/Cc1cc(C(=O)O)ccc1O. The summed E-state index contributed by atoms with van der Waals surface area (Å²) in [6, 6.07) is 4.22. The number of aliphatic hydroxyl groups excluding tert-OH is 1. The molecular weight excluding hydrogens is 328 g/mol. The first kappa shape index (κ1) is 21.7. The smallest absolute Gasteiger partial charge is 0.335 e. The predicted octanol–water partition coefficient (Wildman–Crippen LogP) is 5.02. The number of phenols is 1. The molecule has 0 amide bonds. The Bertz CT molecular complexity index is 707. The number of allylic oxidation sites excluding steroid dienone is 4. The van der Waals surface area contributed by atoms with Gasteiger partial charge in [-0.25, -0.2) is 4.79 Å². The molecule has 0 fully saturated rings. The van der Waals surface area contributed by atoms with Crippen molar-refractivity contribution in [3.63, 3.8) is 0 Å². The average molecular weight is 358 g/mol. The van der Waals surface area contributed by atoms with Gasteiger partial charge in [-0.3, -0.25) is 0 Å². The van der Waals surface area contributed by atoms with Gasteiger partial charge in [0.1, 0.15) is 5.75 Å². The van der Waals surface area contributed by atoms with Crippen molar-refractivity contribution in [1.29, 1.82) is 0 Å². The largest absolute Gasteiger partial charge is 0.508 e. The lowest BCUT2D eigenvalue weighted by molar-refractivity contribution is 0.0696. The van der Waals surface area contributed by atoms with E-state index < -0.39 is 12.1 Å². The first-order chi connectivity index (χ1) is 12.2. The van der Waals surface area contributed by atoms with Crippen molar-refractivity contribution in [1.82, 2.24) is 0 Å². The zero-order chi connectivity index (χ0) is 19.7. The Morgan fingerprint density at radius 2 is 1.81 bits per heavy atom. The van der Waals surface area contributed by atoms with Crippen LogP contribution >= 0.6 is 0 Å². The summed E-state index contributed by atoms with van der Waals surface area (Å²) < 4.78 is 0. The molecule has 0 heterocycles. The van der Waals surface area contributed by atoms with Crippen molar-refractivity contribution >= 4 is 5.97 Å². The first-order valence-electron chi connectivity index (χ1n) is 8.89. The minimum absolute atomic E-state index is 0.0588. The summed E-state index contributed by atoms with van der Waals surface area (Å²) in [5, 5.41) is 29.2. The van der Waals surface area contributed by atoms with Gasteiger partial charge in [-0.05, 0) is 82.7 Å². The van der Waals surface area contributed by atoms with E-state index in [1.807, 2.05) is 13.0 Å². The molecule has 3 N–H and O–H groups in total. The lowest BCUT2D eigenvalue weighted by Gasteiger charge is -2.10. The van der Waals surface area contributed by atoms with Gasteiger partial charge >= 0.3 is 5.97 Å². The van der Waals surface area contributed by atoms with Crippen molar-refractivity contribution in [3.8, 4) is 5.75 Å². The molecule has 0 aliphatic carbocycles. The molecule has 0 aromatic heterocycles. The second-order valence-electron chi connectivity index (χ2n) is 6.92. The summed E-state index contributed by atoms with van der Waals surface area (Å²) in [7, 11) is 0. The van der Waals surface area contributed by atoms with E-state index in [2.05, 4.69) is 32.9 Å². The summed E-state index contributed by atoms with van der Waals surface area (Å²) >= 11 is 0. The molecule has 0 saturated carbocycles. The van der Waals surface area contributed by atoms with Crippen LogP contribution < -0.4 is 0 Å². The van der Waals surface area contributed by atoms with Crippen LogP contribution in [0.4, 0.5) is 0 Å². The highest BCUT2D eigenvalue weighted by Crippen LogP contribution is 2.21. The number of carboxylic acid groups (broad SMARTS) is 1. The summed E-state index contributed by atoms with van der Waals surface area (Å²) in [5.74, 6) is -0.968. The van der Waals surface area contributed by atoms with Crippen LogP contribution in [0.5, 0.6) is 5.75 Å². The van der Waals surface area contributed by atoms with Crippen LogP contribution in [0.15, 0.2) is 53.1 Å². The van der Waals surface area contributed by atoms with E-state index in [9.17, 15) is 15.0 Å². The molecule has 4 heteroatoms. The van der Waals surface area contributed by atoms with E-state index in [1.54, 1.807) is 0 Å². The number of phenolic OH excluding ortho intramolecular Hbond substituents is 1. The number of carbonyl (C=O) groups is 1. The van der Waals surface area contributed by atoms with Gasteiger partial charge in [0.15, 0.2) is 0 Å². The summed E-state index contributed by atoms with van der Waals surface area (Å²) in [5.41, 5.74) is 4.04. The van der Waals surface area contributed by atoms with Crippen LogP contribution in [-0.2, 0) is 6.42 Å². The maximum absolute atomic E-state index is 11.0. The van der Waals surface area contributed by atoms with Gasteiger partial charge in [0.2, 0.25) is 0 Å².